The second-order valence-corrected chi connectivity index (χ2v) is 2.67. The summed E-state index contributed by atoms with van der Waals surface area (Å²) in [6, 6.07) is 0. The van der Waals surface area contributed by atoms with E-state index in [1.54, 1.807) is 13.8 Å². The van der Waals surface area contributed by atoms with Crippen molar-refractivity contribution >= 4 is 18.0 Å². The summed E-state index contributed by atoms with van der Waals surface area (Å²) in [6.07, 6.45) is -0.220. The van der Waals surface area contributed by atoms with Gasteiger partial charge >= 0.3 is 18.0 Å². The first-order chi connectivity index (χ1) is 8.54. The van der Waals surface area contributed by atoms with Gasteiger partial charge in [0.05, 0.1) is 26.4 Å². The molecule has 8 heteroatoms. The van der Waals surface area contributed by atoms with Crippen molar-refractivity contribution in [2.75, 3.05) is 20.3 Å². The lowest BCUT2D eigenvalue weighted by Gasteiger charge is -2.01. The quantitative estimate of drug-likeness (QED) is 0.318. The molecule has 0 aliphatic heterocycles. The minimum atomic E-state index is -1.01. The molecule has 8 nitrogen and oxygen atoms in total. The summed E-state index contributed by atoms with van der Waals surface area (Å²) in [6.45, 7) is 3.41. The Morgan fingerprint density at radius 1 is 1.06 bits per heavy atom. The molecule has 0 aliphatic rings. The lowest BCUT2D eigenvalue weighted by atomic mass is 10.4. The van der Waals surface area contributed by atoms with E-state index in [0.717, 1.165) is 13.2 Å². The van der Waals surface area contributed by atoms with Crippen LogP contribution in [0.2, 0.25) is 0 Å². The van der Waals surface area contributed by atoms with Crippen LogP contribution < -0.4 is 0 Å². The van der Waals surface area contributed by atoms with Crippen LogP contribution in [0, 0.1) is 0 Å². The van der Waals surface area contributed by atoms with Crippen molar-refractivity contribution < 1.29 is 28.6 Å². The third kappa shape index (κ3) is 6.36. The third-order valence-corrected chi connectivity index (χ3v) is 1.44. The molecular weight excluding hydrogens is 244 g/mol. The Balaban J connectivity index is 4.93. The lowest BCUT2D eigenvalue weighted by molar-refractivity contribution is -0.141. The number of esters is 2. The van der Waals surface area contributed by atoms with Gasteiger partial charge in [0.25, 0.3) is 0 Å². The number of hydrogen-bond acceptors (Lipinski definition) is 7. The van der Waals surface area contributed by atoms with Crippen molar-refractivity contribution in [3.63, 3.8) is 0 Å². The number of carbonyl (C=O) groups excluding carboxylic acids is 3. The van der Waals surface area contributed by atoms with E-state index < -0.39 is 23.7 Å². The standard InChI is InChI=1S/C10H14N2O6/c1-4-17-8(13)6-7(9(14)18-5-2)11-12-10(15)16-3/h6H,4-5H2,1-3H3/b7-6+,12-11?. The van der Waals surface area contributed by atoms with Crippen molar-refractivity contribution in [1.82, 2.24) is 0 Å². The lowest BCUT2D eigenvalue weighted by Crippen LogP contribution is -2.10. The van der Waals surface area contributed by atoms with Gasteiger partial charge in [0.15, 0.2) is 5.70 Å². The summed E-state index contributed by atoms with van der Waals surface area (Å²) in [5.74, 6) is -1.68. The minimum absolute atomic E-state index is 0.0900. The third-order valence-electron chi connectivity index (χ3n) is 1.44. The van der Waals surface area contributed by atoms with Crippen molar-refractivity contribution in [3.05, 3.63) is 11.8 Å². The summed E-state index contributed by atoms with van der Waals surface area (Å²) in [5.41, 5.74) is -0.444. The molecule has 0 saturated heterocycles. The molecular formula is C10H14N2O6. The highest BCUT2D eigenvalue weighted by molar-refractivity contribution is 5.96. The maximum atomic E-state index is 11.4. The van der Waals surface area contributed by atoms with E-state index in [1.807, 2.05) is 0 Å². The van der Waals surface area contributed by atoms with Crippen LogP contribution >= 0.6 is 0 Å². The zero-order valence-corrected chi connectivity index (χ0v) is 10.3. The van der Waals surface area contributed by atoms with Crippen LogP contribution in [0.15, 0.2) is 22.0 Å². The Labute approximate surface area is 104 Å². The fourth-order valence-corrected chi connectivity index (χ4v) is 0.765. The molecule has 0 aromatic rings. The summed E-state index contributed by atoms with van der Waals surface area (Å²) in [5, 5.41) is 6.32. The summed E-state index contributed by atoms with van der Waals surface area (Å²) in [4.78, 5) is 33.3. The highest BCUT2D eigenvalue weighted by Crippen LogP contribution is 2.03. The van der Waals surface area contributed by atoms with Crippen molar-refractivity contribution in [2.45, 2.75) is 13.8 Å². The van der Waals surface area contributed by atoms with Crippen LogP contribution in [0.5, 0.6) is 0 Å². The molecule has 0 N–H and O–H groups in total. The van der Waals surface area contributed by atoms with Crippen LogP contribution in [0.25, 0.3) is 0 Å². The molecule has 0 radical (unpaired) electrons. The predicted octanol–water partition coefficient (Wildman–Crippen LogP) is 1.22. The van der Waals surface area contributed by atoms with Gasteiger partial charge < -0.3 is 14.2 Å². The van der Waals surface area contributed by atoms with Gasteiger partial charge in [-0.2, -0.15) is 0 Å². The molecule has 18 heavy (non-hydrogen) atoms. The van der Waals surface area contributed by atoms with Crippen LogP contribution in [-0.2, 0) is 23.8 Å². The average Bonchev–Trinajstić information content (AvgIpc) is 2.34. The van der Waals surface area contributed by atoms with E-state index in [9.17, 15) is 14.4 Å². The summed E-state index contributed by atoms with van der Waals surface area (Å²) in [7, 11) is 1.10. The SMILES string of the molecule is CCOC(=O)/C=C(/N=NC(=O)OC)C(=O)OCC. The Kier molecular flexibility index (Phi) is 7.74. The Bertz CT molecular complexity index is 375. The highest BCUT2D eigenvalue weighted by Gasteiger charge is 2.13. The smallest absolute Gasteiger partial charge is 0.452 e. The van der Waals surface area contributed by atoms with Gasteiger partial charge in [-0.05, 0) is 13.8 Å². The number of hydrogen-bond donors (Lipinski definition) is 0. The topological polar surface area (TPSA) is 104 Å². The maximum Gasteiger partial charge on any atom is 0.452 e. The molecule has 0 unspecified atom stereocenters. The molecule has 100 valence electrons. The molecule has 0 heterocycles. The number of nitrogens with zero attached hydrogens (tertiary/aromatic N) is 2. The second kappa shape index (κ2) is 8.85. The molecule has 0 atom stereocenters. The van der Waals surface area contributed by atoms with Gasteiger partial charge in [-0.3, -0.25) is 0 Å². The first-order valence-corrected chi connectivity index (χ1v) is 5.10. The van der Waals surface area contributed by atoms with Gasteiger partial charge in [0.1, 0.15) is 0 Å². The Morgan fingerprint density at radius 3 is 2.17 bits per heavy atom. The summed E-state index contributed by atoms with van der Waals surface area (Å²) < 4.78 is 13.4. The van der Waals surface area contributed by atoms with Crippen LogP contribution in [0.4, 0.5) is 4.79 Å². The number of ether oxygens (including phenoxy) is 3. The molecule has 0 rings (SSSR count). The van der Waals surface area contributed by atoms with Crippen molar-refractivity contribution in [3.8, 4) is 0 Å². The number of amides is 1. The molecule has 0 bridgehead atoms. The zero-order valence-electron chi connectivity index (χ0n) is 10.3. The van der Waals surface area contributed by atoms with E-state index >= 15 is 0 Å². The van der Waals surface area contributed by atoms with E-state index in [-0.39, 0.29) is 13.2 Å². The second-order valence-electron chi connectivity index (χ2n) is 2.67. The van der Waals surface area contributed by atoms with E-state index in [4.69, 9.17) is 0 Å². The summed E-state index contributed by atoms with van der Waals surface area (Å²) >= 11 is 0. The average molecular weight is 258 g/mol. The number of azo groups is 1. The van der Waals surface area contributed by atoms with Crippen LogP contribution in [0.1, 0.15) is 13.8 Å². The van der Waals surface area contributed by atoms with E-state index in [1.165, 1.54) is 0 Å². The van der Waals surface area contributed by atoms with Gasteiger partial charge in [-0.15, -0.1) is 5.11 Å². The monoisotopic (exact) mass is 258 g/mol. The number of carbonyl (C=O) groups is 3. The molecule has 0 spiro atoms. The van der Waals surface area contributed by atoms with E-state index in [2.05, 4.69) is 24.4 Å². The Morgan fingerprint density at radius 2 is 1.67 bits per heavy atom. The van der Waals surface area contributed by atoms with Crippen molar-refractivity contribution in [1.29, 1.82) is 0 Å². The number of methoxy groups -OCH3 is 1. The predicted molar refractivity (Wildman–Crippen MR) is 58.6 cm³/mol. The molecule has 0 aromatic heterocycles. The highest BCUT2D eigenvalue weighted by atomic mass is 16.5. The van der Waals surface area contributed by atoms with Gasteiger partial charge in [-0.25, -0.2) is 14.4 Å². The molecule has 0 saturated carbocycles. The first-order valence-electron chi connectivity index (χ1n) is 5.10. The van der Waals surface area contributed by atoms with Crippen molar-refractivity contribution in [2.24, 2.45) is 10.2 Å². The normalized spacial score (nSPS) is 11.2. The zero-order chi connectivity index (χ0) is 14.0. The molecule has 0 aromatic carbocycles. The minimum Gasteiger partial charge on any atom is -0.463 e. The molecule has 1 amide bonds. The maximum absolute atomic E-state index is 11.4. The fraction of sp³-hybridized carbons (Fsp3) is 0.500. The van der Waals surface area contributed by atoms with Gasteiger partial charge in [0.2, 0.25) is 0 Å². The fourth-order valence-electron chi connectivity index (χ4n) is 0.765. The Hall–Kier alpha value is -2.25. The van der Waals surface area contributed by atoms with Crippen LogP contribution in [-0.4, -0.2) is 38.4 Å². The molecule has 0 aliphatic carbocycles. The first kappa shape index (κ1) is 15.8. The van der Waals surface area contributed by atoms with E-state index in [0.29, 0.717) is 0 Å². The number of rotatable bonds is 5. The van der Waals surface area contributed by atoms with Crippen LogP contribution in [0.3, 0.4) is 0 Å². The molecule has 0 fully saturated rings. The largest absolute Gasteiger partial charge is 0.463 e. The van der Waals surface area contributed by atoms with Gasteiger partial charge in [0, 0.05) is 0 Å². The van der Waals surface area contributed by atoms with Gasteiger partial charge in [-0.1, -0.05) is 5.11 Å².